The van der Waals surface area contributed by atoms with Gasteiger partial charge in [0.2, 0.25) is 11.9 Å². The summed E-state index contributed by atoms with van der Waals surface area (Å²) in [5, 5.41) is 16.1. The molecule has 2 aromatic heterocycles. The van der Waals surface area contributed by atoms with Gasteiger partial charge in [0.1, 0.15) is 5.69 Å². The standard InChI is InChI=1S/C20H24N6O4/c1-4-26-15(9-12(3)24-26)19(30)23-20-22-14-10-13(18(21)29)8-11(2)17(14)25(20)7-5-6-16(27)28/h8-10H,4-7H2,1-3H3,(H2,21,29)(H,27,28)(H,22,23,30). The number of hydrogen-bond acceptors (Lipinski definition) is 5. The third-order valence-electron chi connectivity index (χ3n) is 4.75. The van der Waals surface area contributed by atoms with Gasteiger partial charge < -0.3 is 15.4 Å². The first-order valence-corrected chi connectivity index (χ1v) is 9.59. The maximum absolute atomic E-state index is 12.9. The van der Waals surface area contributed by atoms with Gasteiger partial charge in [0.05, 0.1) is 16.7 Å². The van der Waals surface area contributed by atoms with Gasteiger partial charge in [0.15, 0.2) is 0 Å². The van der Waals surface area contributed by atoms with Crippen LogP contribution < -0.4 is 11.1 Å². The molecule has 158 valence electrons. The van der Waals surface area contributed by atoms with Crippen LogP contribution in [0.2, 0.25) is 0 Å². The van der Waals surface area contributed by atoms with Crippen LogP contribution in [-0.2, 0) is 17.9 Å². The van der Waals surface area contributed by atoms with Crippen LogP contribution in [0.1, 0.15) is 51.9 Å². The predicted molar refractivity (Wildman–Crippen MR) is 110 cm³/mol. The number of anilines is 1. The molecular weight excluding hydrogens is 388 g/mol. The van der Waals surface area contributed by atoms with Crippen molar-refractivity contribution in [2.75, 3.05) is 5.32 Å². The Labute approximate surface area is 172 Å². The average molecular weight is 412 g/mol. The number of nitrogens with two attached hydrogens (primary N) is 1. The first-order chi connectivity index (χ1) is 14.2. The fourth-order valence-corrected chi connectivity index (χ4v) is 3.46. The van der Waals surface area contributed by atoms with Gasteiger partial charge in [0.25, 0.3) is 5.91 Å². The fraction of sp³-hybridized carbons (Fsp3) is 0.350. The average Bonchev–Trinajstić information content (AvgIpc) is 3.21. The van der Waals surface area contributed by atoms with E-state index in [0.717, 1.165) is 11.3 Å². The summed E-state index contributed by atoms with van der Waals surface area (Å²) >= 11 is 0. The zero-order valence-electron chi connectivity index (χ0n) is 17.1. The number of hydrogen-bond donors (Lipinski definition) is 3. The summed E-state index contributed by atoms with van der Waals surface area (Å²) in [6.45, 7) is 6.37. The highest BCUT2D eigenvalue weighted by Crippen LogP contribution is 2.26. The molecule has 0 bridgehead atoms. The molecular formula is C20H24N6O4. The Balaban J connectivity index is 2.04. The van der Waals surface area contributed by atoms with Crippen molar-refractivity contribution in [3.63, 3.8) is 0 Å². The molecule has 4 N–H and O–H groups in total. The monoisotopic (exact) mass is 412 g/mol. The Morgan fingerprint density at radius 3 is 2.57 bits per heavy atom. The van der Waals surface area contributed by atoms with E-state index in [1.165, 1.54) is 0 Å². The van der Waals surface area contributed by atoms with E-state index in [1.807, 2.05) is 13.8 Å². The lowest BCUT2D eigenvalue weighted by molar-refractivity contribution is -0.137. The van der Waals surface area contributed by atoms with Crippen molar-refractivity contribution >= 4 is 34.8 Å². The van der Waals surface area contributed by atoms with Gasteiger partial charge in [-0.25, -0.2) is 4.98 Å². The molecule has 0 radical (unpaired) electrons. The fourth-order valence-electron chi connectivity index (χ4n) is 3.46. The molecule has 10 heteroatoms. The number of benzene rings is 1. The van der Waals surface area contributed by atoms with E-state index in [4.69, 9.17) is 10.8 Å². The molecule has 2 amide bonds. The Bertz CT molecular complexity index is 1140. The van der Waals surface area contributed by atoms with E-state index in [-0.39, 0.29) is 18.3 Å². The molecule has 2 heterocycles. The number of carboxylic acids is 1. The summed E-state index contributed by atoms with van der Waals surface area (Å²) in [7, 11) is 0. The molecule has 1 aromatic carbocycles. The number of carboxylic acid groups (broad SMARTS) is 1. The Kier molecular flexibility index (Phi) is 5.86. The van der Waals surface area contributed by atoms with Crippen LogP contribution in [0.15, 0.2) is 18.2 Å². The number of aromatic nitrogens is 4. The van der Waals surface area contributed by atoms with Crippen molar-refractivity contribution in [3.05, 3.63) is 40.7 Å². The molecule has 3 aromatic rings. The lowest BCUT2D eigenvalue weighted by Crippen LogP contribution is -2.20. The Morgan fingerprint density at radius 1 is 1.20 bits per heavy atom. The molecule has 30 heavy (non-hydrogen) atoms. The molecule has 0 saturated carbocycles. The SMILES string of the molecule is CCn1nc(C)cc1C(=O)Nc1nc2cc(C(N)=O)cc(C)c2n1CCCC(=O)O. The van der Waals surface area contributed by atoms with Crippen LogP contribution in [0.5, 0.6) is 0 Å². The molecule has 0 unspecified atom stereocenters. The second kappa shape index (κ2) is 8.36. The Morgan fingerprint density at radius 2 is 1.93 bits per heavy atom. The molecule has 3 rings (SSSR count). The summed E-state index contributed by atoms with van der Waals surface area (Å²) in [6.07, 6.45) is 0.333. The topological polar surface area (TPSA) is 145 Å². The maximum atomic E-state index is 12.9. The third-order valence-corrected chi connectivity index (χ3v) is 4.75. The van der Waals surface area contributed by atoms with Crippen molar-refractivity contribution in [2.45, 2.75) is 46.7 Å². The quantitative estimate of drug-likeness (QED) is 0.516. The van der Waals surface area contributed by atoms with E-state index in [1.54, 1.807) is 34.4 Å². The zero-order chi connectivity index (χ0) is 22.0. The van der Waals surface area contributed by atoms with E-state index >= 15 is 0 Å². The van der Waals surface area contributed by atoms with Gasteiger partial charge >= 0.3 is 5.97 Å². The van der Waals surface area contributed by atoms with Gasteiger partial charge in [-0.2, -0.15) is 5.10 Å². The highest BCUT2D eigenvalue weighted by Gasteiger charge is 2.20. The number of amides is 2. The number of nitrogens with one attached hydrogen (secondary N) is 1. The van der Waals surface area contributed by atoms with Crippen LogP contribution in [0.3, 0.4) is 0 Å². The van der Waals surface area contributed by atoms with E-state index in [0.29, 0.717) is 41.8 Å². The number of nitrogens with zero attached hydrogens (tertiary/aromatic N) is 4. The van der Waals surface area contributed by atoms with E-state index in [9.17, 15) is 14.4 Å². The molecule has 0 saturated heterocycles. The van der Waals surface area contributed by atoms with Crippen molar-refractivity contribution in [1.82, 2.24) is 19.3 Å². The minimum Gasteiger partial charge on any atom is -0.481 e. The molecule has 0 spiro atoms. The van der Waals surface area contributed by atoms with E-state index in [2.05, 4.69) is 15.4 Å². The second-order valence-corrected chi connectivity index (χ2v) is 7.05. The summed E-state index contributed by atoms with van der Waals surface area (Å²) in [5.41, 5.74) is 8.79. The van der Waals surface area contributed by atoms with Crippen LogP contribution >= 0.6 is 0 Å². The Hall–Kier alpha value is -3.69. The van der Waals surface area contributed by atoms with Gasteiger partial charge in [-0.3, -0.25) is 24.4 Å². The lowest BCUT2D eigenvalue weighted by atomic mass is 10.1. The molecule has 0 aliphatic heterocycles. The maximum Gasteiger partial charge on any atom is 0.303 e. The molecule has 0 atom stereocenters. The van der Waals surface area contributed by atoms with E-state index < -0.39 is 11.9 Å². The summed E-state index contributed by atoms with van der Waals surface area (Å²) in [5.74, 6) is -1.58. The minimum absolute atomic E-state index is 0.0206. The predicted octanol–water partition coefficient (Wildman–Crippen LogP) is 2.09. The number of carbonyl (C=O) groups excluding carboxylic acids is 2. The smallest absolute Gasteiger partial charge is 0.303 e. The zero-order valence-corrected chi connectivity index (χ0v) is 17.1. The first kappa shape index (κ1) is 21.0. The number of fused-ring (bicyclic) bond motifs is 1. The van der Waals surface area contributed by atoms with Crippen LogP contribution in [0, 0.1) is 13.8 Å². The second-order valence-electron chi connectivity index (χ2n) is 7.05. The number of primary amides is 1. The van der Waals surface area contributed by atoms with Crippen LogP contribution in [-0.4, -0.2) is 42.2 Å². The number of imidazole rings is 1. The van der Waals surface area contributed by atoms with Crippen molar-refractivity contribution in [3.8, 4) is 0 Å². The number of aliphatic carboxylic acids is 1. The number of aryl methyl sites for hydroxylation is 4. The third kappa shape index (κ3) is 4.17. The van der Waals surface area contributed by atoms with Crippen molar-refractivity contribution in [2.24, 2.45) is 5.73 Å². The van der Waals surface area contributed by atoms with Gasteiger partial charge in [0, 0.05) is 25.1 Å². The lowest BCUT2D eigenvalue weighted by Gasteiger charge is -2.11. The molecule has 0 fully saturated rings. The van der Waals surface area contributed by atoms with Gasteiger partial charge in [-0.1, -0.05) is 0 Å². The molecule has 10 nitrogen and oxygen atoms in total. The summed E-state index contributed by atoms with van der Waals surface area (Å²) in [4.78, 5) is 39.9. The van der Waals surface area contributed by atoms with Crippen LogP contribution in [0.4, 0.5) is 5.95 Å². The summed E-state index contributed by atoms with van der Waals surface area (Å²) < 4.78 is 3.36. The molecule has 0 aliphatic carbocycles. The van der Waals surface area contributed by atoms with Crippen molar-refractivity contribution < 1.29 is 19.5 Å². The number of rotatable bonds is 8. The minimum atomic E-state index is -0.903. The normalized spacial score (nSPS) is 11.0. The van der Waals surface area contributed by atoms with Gasteiger partial charge in [-0.05, 0) is 51.0 Å². The molecule has 0 aliphatic rings. The summed E-state index contributed by atoms with van der Waals surface area (Å²) in [6, 6.07) is 4.91. The highest BCUT2D eigenvalue weighted by atomic mass is 16.4. The van der Waals surface area contributed by atoms with Gasteiger partial charge in [-0.15, -0.1) is 0 Å². The first-order valence-electron chi connectivity index (χ1n) is 9.59. The van der Waals surface area contributed by atoms with Crippen molar-refractivity contribution in [1.29, 1.82) is 0 Å². The highest BCUT2D eigenvalue weighted by molar-refractivity contribution is 6.03. The van der Waals surface area contributed by atoms with Crippen LogP contribution in [0.25, 0.3) is 11.0 Å². The largest absolute Gasteiger partial charge is 0.481 e. The number of carbonyl (C=O) groups is 3.